The Morgan fingerprint density at radius 1 is 1.03 bits per heavy atom. The van der Waals surface area contributed by atoms with Gasteiger partial charge in [-0.05, 0) is 36.1 Å². The topological polar surface area (TPSA) is 172 Å². The number of nitrogens with zero attached hydrogens (tertiary/aromatic N) is 9. The molecule has 6 rings (SSSR count). The summed E-state index contributed by atoms with van der Waals surface area (Å²) in [5, 5.41) is 21.9. The molecule has 34 heavy (non-hydrogen) atoms. The molecular weight excluding hydrogens is 498 g/mol. The molecule has 0 unspecified atom stereocenters. The van der Waals surface area contributed by atoms with Gasteiger partial charge in [0.2, 0.25) is 5.28 Å². The van der Waals surface area contributed by atoms with Gasteiger partial charge in [0.15, 0.2) is 11.5 Å². The molecule has 0 bridgehead atoms. The van der Waals surface area contributed by atoms with Crippen LogP contribution in [0.2, 0.25) is 5.28 Å². The van der Waals surface area contributed by atoms with E-state index < -0.39 is 0 Å². The molecular formula is C18H16ClN13S2. The van der Waals surface area contributed by atoms with Gasteiger partial charge < -0.3 is 20.6 Å². The van der Waals surface area contributed by atoms with Gasteiger partial charge in [-0.15, -0.1) is 26.6 Å². The third kappa shape index (κ3) is 5.05. The number of aromatic nitrogens is 11. The van der Waals surface area contributed by atoms with Crippen LogP contribution in [-0.4, -0.2) is 54.7 Å². The van der Waals surface area contributed by atoms with Gasteiger partial charge in [0.25, 0.3) is 0 Å². The Morgan fingerprint density at radius 3 is 2.76 bits per heavy atom. The van der Waals surface area contributed by atoms with Crippen molar-refractivity contribution in [3.05, 3.63) is 51.3 Å². The number of hydrogen-bond acceptors (Lipinski definition) is 13. The van der Waals surface area contributed by atoms with E-state index in [0.717, 1.165) is 27.4 Å². The molecule has 0 saturated heterocycles. The zero-order valence-corrected chi connectivity index (χ0v) is 19.9. The van der Waals surface area contributed by atoms with Gasteiger partial charge >= 0.3 is 0 Å². The number of anilines is 2. The predicted octanol–water partition coefficient (Wildman–Crippen LogP) is 3.20. The molecule has 0 radical (unpaired) electrons. The van der Waals surface area contributed by atoms with Crippen LogP contribution in [0.4, 0.5) is 11.6 Å². The van der Waals surface area contributed by atoms with Crippen LogP contribution in [0.1, 0.15) is 16.5 Å². The fourth-order valence-corrected chi connectivity index (χ4v) is 4.07. The van der Waals surface area contributed by atoms with Gasteiger partial charge in [-0.3, -0.25) is 0 Å². The maximum absolute atomic E-state index is 5.83. The van der Waals surface area contributed by atoms with E-state index in [9.17, 15) is 0 Å². The second-order valence-electron chi connectivity index (χ2n) is 6.74. The average Bonchev–Trinajstić information content (AvgIpc) is 3.63. The van der Waals surface area contributed by atoms with Gasteiger partial charge in [0, 0.05) is 11.6 Å². The Hall–Kier alpha value is -3.82. The molecule has 0 saturated carbocycles. The van der Waals surface area contributed by atoms with Crippen molar-refractivity contribution in [2.75, 3.05) is 10.6 Å². The highest BCUT2D eigenvalue weighted by atomic mass is 35.5. The minimum absolute atomic E-state index is 0.207. The summed E-state index contributed by atoms with van der Waals surface area (Å²) < 4.78 is 3.79. The Labute approximate surface area is 204 Å². The maximum atomic E-state index is 5.83. The molecule has 13 nitrogen and oxygen atoms in total. The average molecular weight is 514 g/mol. The van der Waals surface area contributed by atoms with Gasteiger partial charge in [-0.25, -0.2) is 19.9 Å². The van der Waals surface area contributed by atoms with E-state index in [0.29, 0.717) is 36.0 Å². The number of hydrogen-bond donors (Lipinski definition) is 4. The number of imidazole rings is 1. The van der Waals surface area contributed by atoms with E-state index in [1.165, 1.54) is 22.9 Å². The zero-order chi connectivity index (χ0) is 23.3. The standard InChI is InChI=1S/C9H7ClN6S.C9H9N7S/c10-9-13-7-6(1-2-11-7)8(14-9)12-3-5-4-17-16-15-5;1-5-14-8(7-9(15-5)12-3-11-7)10-2-6-16-13-4-17-6/h1-2,4H,3H2,(H2,11,12,13,14);3-4H,2H2,1H3,(H2,10,11,12,14,15). The second kappa shape index (κ2) is 9.98. The lowest BCUT2D eigenvalue weighted by Crippen LogP contribution is -2.04. The van der Waals surface area contributed by atoms with Crippen molar-refractivity contribution in [2.45, 2.75) is 20.0 Å². The second-order valence-corrected chi connectivity index (χ2v) is 8.60. The van der Waals surface area contributed by atoms with E-state index in [1.54, 1.807) is 18.0 Å². The number of aromatic amines is 2. The minimum atomic E-state index is 0.207. The highest BCUT2D eigenvalue weighted by Crippen LogP contribution is 2.21. The van der Waals surface area contributed by atoms with Crippen LogP contribution in [0, 0.1) is 6.92 Å². The molecule has 0 aliphatic carbocycles. The van der Waals surface area contributed by atoms with Crippen LogP contribution in [0.3, 0.4) is 0 Å². The maximum Gasteiger partial charge on any atom is 0.226 e. The third-order valence-corrected chi connectivity index (χ3v) is 5.86. The lowest BCUT2D eigenvalue weighted by molar-refractivity contribution is 0.976. The molecule has 4 N–H and O–H groups in total. The summed E-state index contributed by atoms with van der Waals surface area (Å²) >= 11 is 8.65. The molecule has 172 valence electrons. The van der Waals surface area contributed by atoms with Gasteiger partial charge in [-0.2, -0.15) is 4.98 Å². The first-order valence-corrected chi connectivity index (χ1v) is 11.9. The molecule has 6 aromatic rings. The lowest BCUT2D eigenvalue weighted by Gasteiger charge is -2.04. The summed E-state index contributed by atoms with van der Waals surface area (Å²) in [6, 6.07) is 1.90. The van der Waals surface area contributed by atoms with Crippen molar-refractivity contribution < 1.29 is 0 Å². The summed E-state index contributed by atoms with van der Waals surface area (Å²) in [7, 11) is 0. The first-order valence-electron chi connectivity index (χ1n) is 9.83. The fraction of sp³-hybridized carbons (Fsp3) is 0.167. The number of halogens is 1. The molecule has 0 aromatic carbocycles. The normalized spacial score (nSPS) is 10.9. The van der Waals surface area contributed by atoms with E-state index in [4.69, 9.17) is 11.6 Å². The molecule has 0 amide bonds. The Morgan fingerprint density at radius 2 is 1.94 bits per heavy atom. The van der Waals surface area contributed by atoms with Gasteiger partial charge in [0.1, 0.15) is 33.3 Å². The van der Waals surface area contributed by atoms with Crippen LogP contribution in [0.15, 0.2) is 29.5 Å². The Bertz CT molecular complexity index is 1380. The molecule has 6 aromatic heterocycles. The van der Waals surface area contributed by atoms with Gasteiger partial charge in [0.05, 0.1) is 30.5 Å². The van der Waals surface area contributed by atoms with E-state index in [2.05, 4.69) is 65.3 Å². The number of nitrogens with one attached hydrogen (secondary N) is 4. The first-order chi connectivity index (χ1) is 16.7. The molecule has 0 aliphatic heterocycles. The molecule has 0 fully saturated rings. The van der Waals surface area contributed by atoms with Gasteiger partial charge in [-0.1, -0.05) is 4.49 Å². The Balaban J connectivity index is 0.000000142. The highest BCUT2D eigenvalue weighted by Gasteiger charge is 2.09. The number of H-pyrrole nitrogens is 2. The Kier molecular flexibility index (Phi) is 6.46. The van der Waals surface area contributed by atoms with Crippen LogP contribution in [0.25, 0.3) is 22.2 Å². The van der Waals surface area contributed by atoms with Crippen molar-refractivity contribution in [3.63, 3.8) is 0 Å². The molecule has 0 spiro atoms. The van der Waals surface area contributed by atoms with Crippen molar-refractivity contribution in [1.82, 2.24) is 54.7 Å². The minimum Gasteiger partial charge on any atom is -0.364 e. The summed E-state index contributed by atoms with van der Waals surface area (Å²) in [6.45, 7) is 2.99. The predicted molar refractivity (Wildman–Crippen MR) is 130 cm³/mol. The van der Waals surface area contributed by atoms with E-state index in [1.807, 2.05) is 18.4 Å². The van der Waals surface area contributed by atoms with Crippen LogP contribution in [0.5, 0.6) is 0 Å². The SMILES string of the molecule is Cc1nc(NCc2nncs2)c2[nH]cnc2n1.Clc1nc(NCc2csnn2)c2cc[nH]c2n1. The van der Waals surface area contributed by atoms with E-state index in [-0.39, 0.29) is 5.28 Å². The first kappa shape index (κ1) is 22.0. The van der Waals surface area contributed by atoms with Crippen LogP contribution < -0.4 is 10.6 Å². The molecule has 0 aliphatic rings. The molecule has 16 heteroatoms. The lowest BCUT2D eigenvalue weighted by atomic mass is 10.3. The third-order valence-electron chi connectivity index (χ3n) is 4.44. The fourth-order valence-electron chi connectivity index (χ4n) is 2.99. The van der Waals surface area contributed by atoms with Crippen molar-refractivity contribution in [1.29, 1.82) is 0 Å². The highest BCUT2D eigenvalue weighted by molar-refractivity contribution is 7.09. The number of rotatable bonds is 6. The number of aryl methyl sites for hydroxylation is 1. The monoisotopic (exact) mass is 513 g/mol. The summed E-state index contributed by atoms with van der Waals surface area (Å²) in [5.74, 6) is 2.11. The van der Waals surface area contributed by atoms with Crippen molar-refractivity contribution >= 4 is 68.3 Å². The van der Waals surface area contributed by atoms with Crippen molar-refractivity contribution in [2.24, 2.45) is 0 Å². The molecule has 6 heterocycles. The molecule has 0 atom stereocenters. The summed E-state index contributed by atoms with van der Waals surface area (Å²) in [6.07, 6.45) is 3.40. The van der Waals surface area contributed by atoms with Crippen molar-refractivity contribution in [3.8, 4) is 0 Å². The van der Waals surface area contributed by atoms with Crippen LogP contribution in [-0.2, 0) is 13.1 Å². The number of fused-ring (bicyclic) bond motifs is 2. The smallest absolute Gasteiger partial charge is 0.226 e. The summed E-state index contributed by atoms with van der Waals surface area (Å²) in [5.41, 5.74) is 4.75. The van der Waals surface area contributed by atoms with Crippen LogP contribution >= 0.6 is 34.5 Å². The quantitative estimate of drug-likeness (QED) is 0.241. The van der Waals surface area contributed by atoms with E-state index >= 15 is 0 Å². The summed E-state index contributed by atoms with van der Waals surface area (Å²) in [4.78, 5) is 26.9. The largest absolute Gasteiger partial charge is 0.364 e. The zero-order valence-electron chi connectivity index (χ0n) is 17.5.